The van der Waals surface area contributed by atoms with E-state index in [1.807, 2.05) is 36.4 Å². The van der Waals surface area contributed by atoms with E-state index in [-0.39, 0.29) is 5.63 Å². The van der Waals surface area contributed by atoms with Crippen LogP contribution in [0, 0.1) is 0 Å². The molecular weight excluding hydrogens is 376 g/mol. The van der Waals surface area contributed by atoms with Crippen molar-refractivity contribution in [2.75, 3.05) is 38.2 Å². The Morgan fingerprint density at radius 1 is 1.00 bits per heavy atom. The van der Waals surface area contributed by atoms with Gasteiger partial charge in [0, 0.05) is 22.7 Å². The Morgan fingerprint density at radius 3 is 2.53 bits per heavy atom. The fraction of sp³-hybridized carbons (Fsp3) is 0.240. The molecule has 2 heterocycles. The molecule has 0 aliphatic carbocycles. The zero-order chi connectivity index (χ0) is 20.5. The lowest BCUT2D eigenvalue weighted by Gasteiger charge is -2.33. The highest BCUT2D eigenvalue weighted by Gasteiger charge is 2.22. The van der Waals surface area contributed by atoms with Crippen molar-refractivity contribution in [1.29, 1.82) is 0 Å². The van der Waals surface area contributed by atoms with Crippen LogP contribution in [0.4, 0.5) is 5.69 Å². The molecule has 4 aromatic rings. The maximum atomic E-state index is 12.2. The number of hydrogen-bond acceptors (Lipinski definition) is 4. The van der Waals surface area contributed by atoms with E-state index in [0.29, 0.717) is 5.58 Å². The number of benzene rings is 3. The number of piperazine rings is 1. The van der Waals surface area contributed by atoms with Crippen molar-refractivity contribution in [3.63, 3.8) is 0 Å². The highest BCUT2D eigenvalue weighted by atomic mass is 16.5. The smallest absolute Gasteiger partial charge is 0.336 e. The van der Waals surface area contributed by atoms with Crippen LogP contribution in [0.2, 0.25) is 0 Å². The third-order valence-electron chi connectivity index (χ3n) is 6.06. The number of anilines is 1. The summed E-state index contributed by atoms with van der Waals surface area (Å²) in [6, 6.07) is 22.2. The minimum atomic E-state index is -0.274. The molecular formula is C25H25N2O3+. The molecule has 152 valence electrons. The van der Waals surface area contributed by atoms with Gasteiger partial charge in [0.1, 0.15) is 17.9 Å². The molecule has 1 aliphatic rings. The molecule has 0 spiro atoms. The van der Waals surface area contributed by atoms with E-state index in [0.717, 1.165) is 54.8 Å². The van der Waals surface area contributed by atoms with Gasteiger partial charge < -0.3 is 19.0 Å². The van der Waals surface area contributed by atoms with Crippen LogP contribution in [-0.2, 0) is 6.54 Å². The molecule has 0 amide bonds. The summed E-state index contributed by atoms with van der Waals surface area (Å²) in [4.78, 5) is 16.1. The third-order valence-corrected chi connectivity index (χ3v) is 6.06. The summed E-state index contributed by atoms with van der Waals surface area (Å²) in [6.45, 7) is 4.85. The topological polar surface area (TPSA) is 47.1 Å². The SMILES string of the molecule is COc1ccc(N2CC[NH+](Cc3cc(=O)oc4ccc5ccccc5c34)CC2)cc1. The quantitative estimate of drug-likeness (QED) is 0.422. The van der Waals surface area contributed by atoms with Gasteiger partial charge in [0.2, 0.25) is 0 Å². The van der Waals surface area contributed by atoms with Crippen LogP contribution in [0.5, 0.6) is 5.75 Å². The van der Waals surface area contributed by atoms with Gasteiger partial charge in [0.25, 0.3) is 0 Å². The van der Waals surface area contributed by atoms with Crippen molar-refractivity contribution in [2.45, 2.75) is 6.54 Å². The van der Waals surface area contributed by atoms with Gasteiger partial charge in [-0.05, 0) is 41.1 Å². The number of quaternary nitrogens is 1. The highest BCUT2D eigenvalue weighted by Crippen LogP contribution is 2.27. The molecule has 0 unspecified atom stereocenters. The van der Waals surface area contributed by atoms with Crippen LogP contribution < -0.4 is 20.2 Å². The minimum absolute atomic E-state index is 0.274. The average molecular weight is 401 g/mol. The summed E-state index contributed by atoms with van der Waals surface area (Å²) in [6.07, 6.45) is 0. The summed E-state index contributed by atoms with van der Waals surface area (Å²) in [7, 11) is 1.69. The summed E-state index contributed by atoms with van der Waals surface area (Å²) >= 11 is 0. The van der Waals surface area contributed by atoms with Crippen molar-refractivity contribution in [3.05, 3.63) is 82.7 Å². The first-order chi connectivity index (χ1) is 14.7. The van der Waals surface area contributed by atoms with Crippen molar-refractivity contribution in [1.82, 2.24) is 0 Å². The van der Waals surface area contributed by atoms with E-state index in [9.17, 15) is 4.79 Å². The molecule has 0 saturated carbocycles. The first-order valence-electron chi connectivity index (χ1n) is 10.4. The molecule has 5 rings (SSSR count). The molecule has 3 aromatic carbocycles. The molecule has 1 aliphatic heterocycles. The van der Waals surface area contributed by atoms with Crippen LogP contribution in [0.3, 0.4) is 0 Å². The first kappa shape index (κ1) is 18.7. The number of rotatable bonds is 4. The summed E-state index contributed by atoms with van der Waals surface area (Å²) < 4.78 is 10.8. The predicted octanol–water partition coefficient (Wildman–Crippen LogP) is 2.86. The normalized spacial score (nSPS) is 15.0. The summed E-state index contributed by atoms with van der Waals surface area (Å²) in [5.41, 5.74) is 2.70. The molecule has 0 radical (unpaired) electrons. The molecule has 30 heavy (non-hydrogen) atoms. The molecule has 1 N–H and O–H groups in total. The van der Waals surface area contributed by atoms with Crippen molar-refractivity contribution in [3.8, 4) is 5.75 Å². The Morgan fingerprint density at radius 2 is 1.77 bits per heavy atom. The van der Waals surface area contributed by atoms with Gasteiger partial charge in [-0.1, -0.05) is 30.3 Å². The Kier molecular flexibility index (Phi) is 4.89. The largest absolute Gasteiger partial charge is 0.497 e. The summed E-state index contributed by atoms with van der Waals surface area (Å²) in [5, 5.41) is 3.38. The van der Waals surface area contributed by atoms with E-state index in [2.05, 4.69) is 29.2 Å². The van der Waals surface area contributed by atoms with Crippen molar-refractivity contribution in [2.24, 2.45) is 0 Å². The fourth-order valence-corrected chi connectivity index (χ4v) is 4.48. The minimum Gasteiger partial charge on any atom is -0.497 e. The molecule has 5 heteroatoms. The van der Waals surface area contributed by atoms with E-state index in [1.165, 1.54) is 16.0 Å². The molecule has 0 bridgehead atoms. The maximum Gasteiger partial charge on any atom is 0.336 e. The molecule has 5 nitrogen and oxygen atoms in total. The van der Waals surface area contributed by atoms with Crippen molar-refractivity contribution < 1.29 is 14.1 Å². The second-order valence-corrected chi connectivity index (χ2v) is 7.86. The predicted molar refractivity (Wildman–Crippen MR) is 120 cm³/mol. The van der Waals surface area contributed by atoms with E-state index < -0.39 is 0 Å². The Bertz CT molecular complexity index is 1240. The lowest BCUT2D eigenvalue weighted by Crippen LogP contribution is -3.13. The van der Waals surface area contributed by atoms with Crippen LogP contribution in [0.1, 0.15) is 5.56 Å². The van der Waals surface area contributed by atoms with Gasteiger partial charge in [0.05, 0.1) is 33.3 Å². The number of hydrogen-bond donors (Lipinski definition) is 1. The second kappa shape index (κ2) is 7.84. The Hall–Kier alpha value is -3.31. The average Bonchev–Trinajstić information content (AvgIpc) is 2.79. The number of ether oxygens (including phenoxy) is 1. The van der Waals surface area contributed by atoms with Gasteiger partial charge in [-0.3, -0.25) is 0 Å². The molecule has 0 atom stereocenters. The van der Waals surface area contributed by atoms with E-state index >= 15 is 0 Å². The van der Waals surface area contributed by atoms with Gasteiger partial charge in [-0.15, -0.1) is 0 Å². The van der Waals surface area contributed by atoms with E-state index in [1.54, 1.807) is 13.2 Å². The van der Waals surface area contributed by atoms with Crippen LogP contribution >= 0.6 is 0 Å². The van der Waals surface area contributed by atoms with Gasteiger partial charge in [-0.25, -0.2) is 4.79 Å². The van der Waals surface area contributed by atoms with Gasteiger partial charge in [0.15, 0.2) is 0 Å². The monoisotopic (exact) mass is 401 g/mol. The second-order valence-electron chi connectivity index (χ2n) is 7.86. The number of fused-ring (bicyclic) bond motifs is 3. The van der Waals surface area contributed by atoms with Crippen LogP contribution in [-0.4, -0.2) is 33.3 Å². The molecule has 1 aromatic heterocycles. The van der Waals surface area contributed by atoms with Crippen LogP contribution in [0.25, 0.3) is 21.7 Å². The lowest BCUT2D eigenvalue weighted by molar-refractivity contribution is -0.914. The summed E-state index contributed by atoms with van der Waals surface area (Å²) in [5.74, 6) is 0.880. The standard InChI is InChI=1S/C25H24N2O3/c1-29-21-9-7-20(8-10-21)27-14-12-26(13-15-27)17-19-16-24(28)30-23-11-6-18-4-2-3-5-22(18)25(19)23/h2-11,16H,12-15,17H2,1H3/p+1. The zero-order valence-corrected chi connectivity index (χ0v) is 17.1. The number of nitrogens with zero attached hydrogens (tertiary/aromatic N) is 1. The van der Waals surface area contributed by atoms with Gasteiger partial charge >= 0.3 is 5.63 Å². The van der Waals surface area contributed by atoms with Crippen molar-refractivity contribution >= 4 is 27.4 Å². The first-order valence-corrected chi connectivity index (χ1v) is 10.4. The Labute approximate surface area is 175 Å². The number of methoxy groups -OCH3 is 1. The number of nitrogens with one attached hydrogen (secondary N) is 1. The molecule has 1 fully saturated rings. The van der Waals surface area contributed by atoms with Gasteiger partial charge in [-0.2, -0.15) is 0 Å². The Balaban J connectivity index is 1.39. The highest BCUT2D eigenvalue weighted by molar-refractivity contribution is 6.06. The van der Waals surface area contributed by atoms with E-state index in [4.69, 9.17) is 9.15 Å². The lowest BCUT2D eigenvalue weighted by atomic mass is 10.0. The fourth-order valence-electron chi connectivity index (χ4n) is 4.48. The maximum absolute atomic E-state index is 12.2. The zero-order valence-electron chi connectivity index (χ0n) is 17.1. The molecule has 1 saturated heterocycles. The van der Waals surface area contributed by atoms with Crippen LogP contribution in [0.15, 0.2) is 75.9 Å². The third kappa shape index (κ3) is 3.53.